The summed E-state index contributed by atoms with van der Waals surface area (Å²) in [5.74, 6) is 0.545. The Morgan fingerprint density at radius 3 is 2.19 bits per heavy atom. The first kappa shape index (κ1) is 27.4. The third-order valence-electron chi connectivity index (χ3n) is 12.0. The second kappa shape index (κ2) is 10.3. The Labute approximate surface area is 216 Å². The minimum atomic E-state index is -0.955. The first-order valence-electron chi connectivity index (χ1n) is 14.5. The number of fused-ring (bicyclic) bond motifs is 5. The Hall–Kier alpha value is -1.59. The third-order valence-corrected chi connectivity index (χ3v) is 12.0. The molecule has 204 valence electrons. The molecule has 0 heterocycles. The van der Waals surface area contributed by atoms with Crippen molar-refractivity contribution in [1.82, 2.24) is 0 Å². The van der Waals surface area contributed by atoms with Gasteiger partial charge in [0.15, 0.2) is 0 Å². The monoisotopic (exact) mass is 504 g/mol. The van der Waals surface area contributed by atoms with Crippen LogP contribution in [0.3, 0.4) is 0 Å². The van der Waals surface area contributed by atoms with Gasteiger partial charge in [0.2, 0.25) is 0 Å². The second-order valence-corrected chi connectivity index (χ2v) is 13.5. The van der Waals surface area contributed by atoms with Crippen molar-refractivity contribution < 1.29 is 29.3 Å². The molecule has 0 spiro atoms. The van der Waals surface area contributed by atoms with E-state index in [0.717, 1.165) is 43.4 Å². The molecule has 0 saturated heterocycles. The van der Waals surface area contributed by atoms with Crippen molar-refractivity contribution in [2.75, 3.05) is 0 Å². The first-order chi connectivity index (χ1) is 16.9. The van der Waals surface area contributed by atoms with E-state index in [-0.39, 0.29) is 18.5 Å². The van der Waals surface area contributed by atoms with E-state index in [4.69, 9.17) is 4.74 Å². The van der Waals surface area contributed by atoms with Crippen LogP contribution in [0.15, 0.2) is 0 Å². The molecule has 0 aromatic rings. The van der Waals surface area contributed by atoms with Crippen molar-refractivity contribution in [1.29, 1.82) is 0 Å². The van der Waals surface area contributed by atoms with E-state index in [2.05, 4.69) is 20.8 Å². The third kappa shape index (κ3) is 4.82. The summed E-state index contributed by atoms with van der Waals surface area (Å²) >= 11 is 0. The van der Waals surface area contributed by atoms with Gasteiger partial charge in [-0.15, -0.1) is 0 Å². The van der Waals surface area contributed by atoms with Crippen LogP contribution in [0.1, 0.15) is 105 Å². The predicted molar refractivity (Wildman–Crippen MR) is 137 cm³/mol. The standard InChI is InChI=1S/C30H48O6/c1-17(6-11-26(31)32)23-9-10-24-22-8-7-20-16-21(36-28(35)19(3)18(2)27(33)34)12-14-29(20,4)25(22)13-15-30(23,24)5/h17-25H,6-16H2,1-5H3,(H,31,32)(H,33,34)/t17?,18?,19?,20?,21-,22?,23?,24?,25?,29?,30?/m1/s1. The van der Waals surface area contributed by atoms with Gasteiger partial charge in [0.1, 0.15) is 6.10 Å². The van der Waals surface area contributed by atoms with Crippen molar-refractivity contribution in [3.8, 4) is 0 Å². The SMILES string of the molecule is CC(CCC(=O)O)C1CCC2C3CCC4C[C@H](OC(=O)C(C)C(C)C(=O)O)CCC4(C)C3CCC12C. The van der Waals surface area contributed by atoms with Crippen LogP contribution in [-0.2, 0) is 19.1 Å². The smallest absolute Gasteiger partial charge is 0.309 e. The normalized spacial score (nSPS) is 42.2. The summed E-state index contributed by atoms with van der Waals surface area (Å²) in [6.07, 6.45) is 11.4. The number of carboxylic acids is 2. The van der Waals surface area contributed by atoms with E-state index in [9.17, 15) is 24.6 Å². The number of esters is 1. The zero-order valence-electron chi connectivity index (χ0n) is 23.0. The summed E-state index contributed by atoms with van der Waals surface area (Å²) in [5.41, 5.74) is 0.631. The fourth-order valence-corrected chi connectivity index (χ4v) is 9.54. The van der Waals surface area contributed by atoms with Crippen molar-refractivity contribution in [2.24, 2.45) is 58.2 Å². The fraction of sp³-hybridized carbons (Fsp3) is 0.900. The van der Waals surface area contributed by atoms with Gasteiger partial charge in [0, 0.05) is 6.42 Å². The van der Waals surface area contributed by atoms with Gasteiger partial charge in [-0.25, -0.2) is 0 Å². The topological polar surface area (TPSA) is 101 Å². The molecule has 4 fully saturated rings. The molecule has 0 amide bonds. The lowest BCUT2D eigenvalue weighted by atomic mass is 9.44. The van der Waals surface area contributed by atoms with E-state index in [1.54, 1.807) is 13.8 Å². The quantitative estimate of drug-likeness (QED) is 0.370. The molecule has 0 aliphatic heterocycles. The minimum Gasteiger partial charge on any atom is -0.481 e. The molecule has 4 rings (SSSR count). The molecule has 4 saturated carbocycles. The average Bonchev–Trinajstić information content (AvgIpc) is 3.18. The van der Waals surface area contributed by atoms with Crippen molar-refractivity contribution in [3.05, 3.63) is 0 Å². The number of carboxylic acid groups (broad SMARTS) is 2. The van der Waals surface area contributed by atoms with Gasteiger partial charge in [0.25, 0.3) is 0 Å². The molecule has 10 unspecified atom stereocenters. The number of ether oxygens (including phenoxy) is 1. The zero-order valence-corrected chi connectivity index (χ0v) is 23.0. The summed E-state index contributed by atoms with van der Waals surface area (Å²) in [6.45, 7) is 10.5. The number of rotatable bonds is 8. The zero-order chi connectivity index (χ0) is 26.4. The first-order valence-corrected chi connectivity index (χ1v) is 14.5. The van der Waals surface area contributed by atoms with Crippen LogP contribution >= 0.6 is 0 Å². The molecule has 11 atom stereocenters. The summed E-state index contributed by atoms with van der Waals surface area (Å²) in [5, 5.41) is 18.4. The Bertz CT molecular complexity index is 854. The molecule has 4 aliphatic rings. The van der Waals surface area contributed by atoms with Gasteiger partial charge < -0.3 is 14.9 Å². The predicted octanol–water partition coefficient (Wildman–Crippen LogP) is 6.41. The van der Waals surface area contributed by atoms with Crippen LogP contribution in [0, 0.1) is 58.2 Å². The molecular weight excluding hydrogens is 456 g/mol. The van der Waals surface area contributed by atoms with Crippen LogP contribution in [0.5, 0.6) is 0 Å². The Kier molecular flexibility index (Phi) is 7.84. The van der Waals surface area contributed by atoms with E-state index >= 15 is 0 Å². The highest BCUT2D eigenvalue weighted by Crippen LogP contribution is 2.68. The number of carbonyl (C=O) groups is 3. The highest BCUT2D eigenvalue weighted by atomic mass is 16.5. The lowest BCUT2D eigenvalue weighted by Crippen LogP contribution is -2.54. The van der Waals surface area contributed by atoms with Gasteiger partial charge >= 0.3 is 17.9 Å². The van der Waals surface area contributed by atoms with Crippen LogP contribution in [-0.4, -0.2) is 34.2 Å². The lowest BCUT2D eigenvalue weighted by molar-refractivity contribution is -0.170. The van der Waals surface area contributed by atoms with Crippen LogP contribution in [0.25, 0.3) is 0 Å². The van der Waals surface area contributed by atoms with Gasteiger partial charge in [-0.2, -0.15) is 0 Å². The Morgan fingerprint density at radius 1 is 0.861 bits per heavy atom. The van der Waals surface area contributed by atoms with E-state index < -0.39 is 23.8 Å². The molecule has 0 radical (unpaired) electrons. The van der Waals surface area contributed by atoms with Crippen molar-refractivity contribution in [3.63, 3.8) is 0 Å². The van der Waals surface area contributed by atoms with Crippen molar-refractivity contribution >= 4 is 17.9 Å². The van der Waals surface area contributed by atoms with E-state index in [1.165, 1.54) is 38.5 Å². The van der Waals surface area contributed by atoms with Crippen molar-refractivity contribution in [2.45, 2.75) is 111 Å². The van der Waals surface area contributed by atoms with E-state index in [0.29, 0.717) is 28.6 Å². The molecule has 0 aromatic heterocycles. The molecular formula is C30H48O6. The molecule has 0 aromatic carbocycles. The minimum absolute atomic E-state index is 0.0876. The summed E-state index contributed by atoms with van der Waals surface area (Å²) < 4.78 is 5.88. The van der Waals surface area contributed by atoms with Crippen LogP contribution in [0.4, 0.5) is 0 Å². The molecule has 36 heavy (non-hydrogen) atoms. The molecule has 6 heteroatoms. The second-order valence-electron chi connectivity index (χ2n) is 13.5. The summed E-state index contributed by atoms with van der Waals surface area (Å²) in [4.78, 5) is 35.1. The maximum atomic E-state index is 12.6. The highest BCUT2D eigenvalue weighted by Gasteiger charge is 2.60. The summed E-state index contributed by atoms with van der Waals surface area (Å²) in [6, 6.07) is 0. The Balaban J connectivity index is 1.40. The van der Waals surface area contributed by atoms with Gasteiger partial charge in [0.05, 0.1) is 11.8 Å². The number of aliphatic carboxylic acids is 2. The van der Waals surface area contributed by atoms with Crippen LogP contribution in [0.2, 0.25) is 0 Å². The average molecular weight is 505 g/mol. The van der Waals surface area contributed by atoms with E-state index in [1.807, 2.05) is 0 Å². The van der Waals surface area contributed by atoms with Gasteiger partial charge in [-0.3, -0.25) is 14.4 Å². The maximum Gasteiger partial charge on any atom is 0.309 e. The molecule has 6 nitrogen and oxygen atoms in total. The van der Waals surface area contributed by atoms with Gasteiger partial charge in [-0.05, 0) is 111 Å². The highest BCUT2D eigenvalue weighted by molar-refractivity contribution is 5.80. The fourth-order valence-electron chi connectivity index (χ4n) is 9.54. The number of hydrogen-bond acceptors (Lipinski definition) is 4. The maximum absolute atomic E-state index is 12.6. The largest absolute Gasteiger partial charge is 0.481 e. The lowest BCUT2D eigenvalue weighted by Gasteiger charge is -2.61. The van der Waals surface area contributed by atoms with Gasteiger partial charge in [-0.1, -0.05) is 34.6 Å². The van der Waals surface area contributed by atoms with Crippen LogP contribution < -0.4 is 0 Å². The number of carbonyl (C=O) groups excluding carboxylic acids is 1. The number of hydrogen-bond donors (Lipinski definition) is 2. The molecule has 4 aliphatic carbocycles. The molecule has 0 bridgehead atoms. The molecule has 2 N–H and O–H groups in total. The summed E-state index contributed by atoms with van der Waals surface area (Å²) in [7, 11) is 0. The Morgan fingerprint density at radius 2 is 1.53 bits per heavy atom.